The Labute approximate surface area is 169 Å². The summed E-state index contributed by atoms with van der Waals surface area (Å²) in [5, 5.41) is 15.3. The fourth-order valence-electron chi connectivity index (χ4n) is 0. The van der Waals surface area contributed by atoms with Gasteiger partial charge in [0.1, 0.15) is 0 Å². The minimum atomic E-state index is -4.72. The van der Waals surface area contributed by atoms with Crippen molar-refractivity contribution < 1.29 is 148 Å². The molecule has 0 atom stereocenters. The van der Waals surface area contributed by atoms with Gasteiger partial charge in [-0.15, -0.1) is 6.58 Å². The van der Waals surface area contributed by atoms with Gasteiger partial charge in [-0.2, -0.15) is 5.98 Å². The average molecular weight is 328 g/mol. The molecule has 0 rings (SSSR count). The van der Waals surface area contributed by atoms with E-state index in [0.717, 1.165) is 0 Å². The zero-order valence-corrected chi connectivity index (χ0v) is 16.2. The summed E-state index contributed by atoms with van der Waals surface area (Å²) < 4.78 is 32.2. The number of hydrogen-bond acceptors (Lipinski definition) is 2. The Kier molecular flexibility index (Phi) is 27.1. The first kappa shape index (κ1) is 24.0. The summed E-state index contributed by atoms with van der Waals surface area (Å²) in [4.78, 5) is 8.44. The van der Waals surface area contributed by atoms with Gasteiger partial charge >= 0.3 is 127 Å². The summed E-state index contributed by atoms with van der Waals surface area (Å²) >= 11 is 0. The molecule has 0 saturated carbocycles. The van der Waals surface area contributed by atoms with Crippen LogP contribution in [0.5, 0.6) is 0 Å². The third kappa shape index (κ3) is 54.3. The Balaban J connectivity index is -0.0000000483. The first-order valence-corrected chi connectivity index (χ1v) is 2.03. The first-order chi connectivity index (χ1) is 4.29. The largest absolute Gasteiger partial charge is 1.00 e. The van der Waals surface area contributed by atoms with Crippen LogP contribution in [0.15, 0.2) is 12.6 Å². The maximum absolute atomic E-state index is 10.7. The SMILES string of the molecule is C=C[B-](F)(F)F.O=C([O-])O.[Cs+].[K+]. The van der Waals surface area contributed by atoms with E-state index in [0.29, 0.717) is 0 Å². The molecule has 0 bridgehead atoms. The van der Waals surface area contributed by atoms with E-state index in [2.05, 4.69) is 6.58 Å². The van der Waals surface area contributed by atoms with Crippen LogP contribution in [0, 0.1) is 0 Å². The van der Waals surface area contributed by atoms with E-state index in [1.54, 1.807) is 0 Å². The molecule has 0 radical (unpaired) electrons. The Bertz CT molecular complexity index is 126. The van der Waals surface area contributed by atoms with Crippen LogP contribution in [0.2, 0.25) is 0 Å². The molecule has 60 valence electrons. The average Bonchev–Trinajstić information content (AvgIpc) is 1.63. The van der Waals surface area contributed by atoms with E-state index >= 15 is 0 Å². The predicted molar refractivity (Wildman–Crippen MR) is 27.3 cm³/mol. The van der Waals surface area contributed by atoms with Crippen molar-refractivity contribution >= 4 is 13.1 Å². The molecule has 0 amide bonds. The van der Waals surface area contributed by atoms with Crippen molar-refractivity contribution in [3.63, 3.8) is 0 Å². The van der Waals surface area contributed by atoms with Crippen LogP contribution >= 0.6 is 0 Å². The van der Waals surface area contributed by atoms with Crippen LogP contribution in [0.25, 0.3) is 0 Å². The van der Waals surface area contributed by atoms with Crippen LogP contribution in [-0.2, 0) is 0 Å². The molecule has 0 aromatic heterocycles. The fraction of sp³-hybridized carbons (Fsp3) is 0. The second kappa shape index (κ2) is 13.6. The quantitative estimate of drug-likeness (QED) is 0.489. The molecular weight excluding hydrogens is 324 g/mol. The zero-order valence-electron chi connectivity index (χ0n) is 6.76. The third-order valence-electron chi connectivity index (χ3n) is 0.267. The first-order valence-electron chi connectivity index (χ1n) is 2.03. The smallest absolute Gasteiger partial charge is 0.565 e. The predicted octanol–water partition coefficient (Wildman–Crippen LogP) is -5.55. The van der Waals surface area contributed by atoms with Gasteiger partial charge in [0.05, 0.1) is 0 Å². The van der Waals surface area contributed by atoms with E-state index in [4.69, 9.17) is 15.0 Å². The van der Waals surface area contributed by atoms with Crippen LogP contribution in [-0.4, -0.2) is 18.2 Å². The van der Waals surface area contributed by atoms with Gasteiger partial charge in [0.2, 0.25) is 6.16 Å². The molecule has 3 nitrogen and oxygen atoms in total. The maximum Gasteiger partial charge on any atom is 1.00 e. The molecule has 1 N–H and O–H groups in total. The van der Waals surface area contributed by atoms with Crippen molar-refractivity contribution in [2.45, 2.75) is 0 Å². The van der Waals surface area contributed by atoms with Crippen molar-refractivity contribution in [3.8, 4) is 0 Å². The molecule has 0 aliphatic heterocycles. The molecule has 0 unspecified atom stereocenters. The van der Waals surface area contributed by atoms with Crippen molar-refractivity contribution in [1.29, 1.82) is 0 Å². The summed E-state index contributed by atoms with van der Waals surface area (Å²) in [6.07, 6.45) is -2.08. The molecular formula is C3H4BCsF3KO3. The molecule has 0 aliphatic carbocycles. The van der Waals surface area contributed by atoms with Gasteiger partial charge in [-0.05, 0) is 0 Å². The molecule has 0 fully saturated rings. The van der Waals surface area contributed by atoms with E-state index in [1.165, 1.54) is 0 Å². The van der Waals surface area contributed by atoms with Gasteiger partial charge in [-0.3, -0.25) is 0 Å². The van der Waals surface area contributed by atoms with Gasteiger partial charge in [0.15, 0.2) is 0 Å². The van der Waals surface area contributed by atoms with Crippen LogP contribution < -0.4 is 125 Å². The van der Waals surface area contributed by atoms with Gasteiger partial charge in [-0.1, -0.05) is 0 Å². The van der Waals surface area contributed by atoms with Gasteiger partial charge in [-0.25, -0.2) is 0 Å². The van der Waals surface area contributed by atoms with Crippen LogP contribution in [0.3, 0.4) is 0 Å². The van der Waals surface area contributed by atoms with E-state index < -0.39 is 13.1 Å². The van der Waals surface area contributed by atoms with Gasteiger partial charge in [0.25, 0.3) is 0 Å². The molecule has 0 saturated heterocycles. The van der Waals surface area contributed by atoms with Crippen LogP contribution in [0.4, 0.5) is 17.7 Å². The molecule has 0 spiro atoms. The van der Waals surface area contributed by atoms with E-state index in [1.807, 2.05) is 0 Å². The Morgan fingerprint density at radius 2 is 1.58 bits per heavy atom. The molecule has 12 heavy (non-hydrogen) atoms. The van der Waals surface area contributed by atoms with Crippen molar-refractivity contribution in [2.75, 3.05) is 0 Å². The summed E-state index contributed by atoms with van der Waals surface area (Å²) in [6, 6.07) is 0. The molecule has 9 heteroatoms. The van der Waals surface area contributed by atoms with Crippen molar-refractivity contribution in [1.82, 2.24) is 0 Å². The Morgan fingerprint density at radius 3 is 1.58 bits per heavy atom. The van der Waals surface area contributed by atoms with E-state index in [9.17, 15) is 12.9 Å². The normalized spacial score (nSPS) is 7.58. The minimum Gasteiger partial charge on any atom is -0.565 e. The number of hydrogen-bond donors (Lipinski definition) is 1. The molecule has 0 aliphatic rings. The number of carbonyl (C=O) groups is 1. The number of carboxylic acid groups (broad SMARTS) is 2. The maximum atomic E-state index is 10.7. The third-order valence-corrected chi connectivity index (χ3v) is 0.267. The fourth-order valence-corrected chi connectivity index (χ4v) is 0. The van der Waals surface area contributed by atoms with E-state index in [-0.39, 0.29) is 126 Å². The summed E-state index contributed by atoms with van der Waals surface area (Å²) in [5.41, 5.74) is 0. The summed E-state index contributed by atoms with van der Waals surface area (Å²) in [6.45, 7) is -2.19. The topological polar surface area (TPSA) is 60.4 Å². The molecule has 0 heterocycles. The minimum absolute atomic E-state index is 0. The second-order valence-corrected chi connectivity index (χ2v) is 1.13. The summed E-state index contributed by atoms with van der Waals surface area (Å²) in [5.74, 6) is 0. The number of halogens is 3. The number of rotatable bonds is 1. The Morgan fingerprint density at radius 1 is 1.50 bits per heavy atom. The Hall–Kier alpha value is 2.55. The van der Waals surface area contributed by atoms with Crippen LogP contribution in [0.1, 0.15) is 0 Å². The van der Waals surface area contributed by atoms with Crippen molar-refractivity contribution in [2.24, 2.45) is 0 Å². The molecule has 0 aromatic carbocycles. The zero-order chi connectivity index (χ0) is 8.78. The monoisotopic (exact) mass is 328 g/mol. The summed E-state index contributed by atoms with van der Waals surface area (Å²) in [7, 11) is 0. The molecule has 0 aromatic rings. The second-order valence-electron chi connectivity index (χ2n) is 1.13. The standard InChI is InChI=1S/C2H3BF3.CH2O3.Cs.K/c1-2-3(4,5)6;2-1(3)4;;/h2H,1H2;(H2,2,3,4);;/q-1;;2*+1/p-1. The van der Waals surface area contributed by atoms with Crippen molar-refractivity contribution in [3.05, 3.63) is 12.6 Å². The van der Waals surface area contributed by atoms with Gasteiger partial charge in [0, 0.05) is 0 Å². The van der Waals surface area contributed by atoms with Gasteiger partial charge < -0.3 is 28.0 Å².